The number of rotatable bonds is 7. The van der Waals surface area contributed by atoms with Gasteiger partial charge >= 0.3 is 0 Å². The van der Waals surface area contributed by atoms with Crippen LogP contribution < -0.4 is 11.1 Å². The maximum Gasteiger partial charge on any atom is 0.245 e. The standard InChI is InChI=1S/C16H23N5O.ClH/c1-3-8-16(2,17)15(22)19-14-7-12-21(20-14)11-6-13-4-9-18-10-5-13;/h4-5,7,9-10,12H,3,6,8,11,17H2,1-2H3,(H,19,20,22);1H. The number of nitrogens with two attached hydrogens (primary N) is 1. The number of carbonyl (C=O) groups excluding carboxylic acids is 1. The molecule has 0 bridgehead atoms. The fourth-order valence-electron chi connectivity index (χ4n) is 2.24. The van der Waals surface area contributed by atoms with Crippen molar-refractivity contribution in [3.63, 3.8) is 0 Å². The maximum atomic E-state index is 12.1. The first-order valence-electron chi connectivity index (χ1n) is 7.54. The number of carbonyl (C=O) groups is 1. The lowest BCUT2D eigenvalue weighted by atomic mass is 9.97. The van der Waals surface area contributed by atoms with Crippen molar-refractivity contribution in [2.45, 2.75) is 45.2 Å². The molecule has 1 amide bonds. The van der Waals surface area contributed by atoms with Crippen molar-refractivity contribution in [3.05, 3.63) is 42.4 Å². The highest BCUT2D eigenvalue weighted by Gasteiger charge is 2.27. The van der Waals surface area contributed by atoms with Gasteiger partial charge < -0.3 is 11.1 Å². The molecule has 2 heterocycles. The molecule has 126 valence electrons. The van der Waals surface area contributed by atoms with Crippen molar-refractivity contribution in [1.82, 2.24) is 14.8 Å². The average Bonchev–Trinajstić information content (AvgIpc) is 2.94. The van der Waals surface area contributed by atoms with Gasteiger partial charge in [-0.05, 0) is 37.5 Å². The molecule has 0 aliphatic heterocycles. The molecule has 0 radical (unpaired) electrons. The van der Waals surface area contributed by atoms with Crippen molar-refractivity contribution < 1.29 is 4.79 Å². The van der Waals surface area contributed by atoms with Gasteiger partial charge in [-0.25, -0.2) is 0 Å². The van der Waals surface area contributed by atoms with Gasteiger partial charge in [0.2, 0.25) is 5.91 Å². The zero-order valence-corrected chi connectivity index (χ0v) is 14.3. The Hall–Kier alpha value is -1.92. The summed E-state index contributed by atoms with van der Waals surface area (Å²) in [4.78, 5) is 16.1. The lowest BCUT2D eigenvalue weighted by Gasteiger charge is -2.21. The molecule has 0 saturated heterocycles. The van der Waals surface area contributed by atoms with Gasteiger partial charge in [-0.1, -0.05) is 13.3 Å². The Kier molecular flexibility index (Phi) is 7.19. The van der Waals surface area contributed by atoms with E-state index in [-0.39, 0.29) is 18.3 Å². The van der Waals surface area contributed by atoms with Crippen LogP contribution in [0.1, 0.15) is 32.3 Å². The second-order valence-corrected chi connectivity index (χ2v) is 5.69. The van der Waals surface area contributed by atoms with Gasteiger partial charge in [-0.15, -0.1) is 12.4 Å². The van der Waals surface area contributed by atoms with Crippen molar-refractivity contribution in [2.24, 2.45) is 5.73 Å². The molecule has 23 heavy (non-hydrogen) atoms. The predicted octanol–water partition coefficient (Wildman–Crippen LogP) is 2.40. The van der Waals surface area contributed by atoms with E-state index in [1.165, 1.54) is 5.56 Å². The van der Waals surface area contributed by atoms with E-state index in [0.717, 1.165) is 19.4 Å². The van der Waals surface area contributed by atoms with Crippen LogP contribution in [0.4, 0.5) is 5.82 Å². The fraction of sp³-hybridized carbons (Fsp3) is 0.438. The van der Waals surface area contributed by atoms with E-state index in [1.807, 2.05) is 29.9 Å². The van der Waals surface area contributed by atoms with Gasteiger partial charge in [0, 0.05) is 31.2 Å². The van der Waals surface area contributed by atoms with E-state index in [1.54, 1.807) is 25.4 Å². The summed E-state index contributed by atoms with van der Waals surface area (Å²) in [6, 6.07) is 5.75. The third-order valence-corrected chi connectivity index (χ3v) is 3.55. The van der Waals surface area contributed by atoms with Crippen molar-refractivity contribution in [1.29, 1.82) is 0 Å². The van der Waals surface area contributed by atoms with Gasteiger partial charge in [0.1, 0.15) is 0 Å². The Bertz CT molecular complexity index is 612. The smallest absolute Gasteiger partial charge is 0.245 e. The molecule has 1 atom stereocenters. The van der Waals surface area contributed by atoms with Crippen LogP contribution in [0.15, 0.2) is 36.8 Å². The van der Waals surface area contributed by atoms with Crippen molar-refractivity contribution in [3.8, 4) is 0 Å². The zero-order chi connectivity index (χ0) is 16.0. The minimum atomic E-state index is -0.866. The Morgan fingerprint density at radius 3 is 2.70 bits per heavy atom. The quantitative estimate of drug-likeness (QED) is 0.812. The molecule has 6 nitrogen and oxygen atoms in total. The fourth-order valence-corrected chi connectivity index (χ4v) is 2.24. The number of aryl methyl sites for hydroxylation is 2. The van der Waals surface area contributed by atoms with Crippen LogP contribution in [0.25, 0.3) is 0 Å². The SMILES string of the molecule is CCCC(C)(N)C(=O)Nc1ccn(CCc2ccncc2)n1.Cl. The molecule has 0 spiro atoms. The largest absolute Gasteiger partial charge is 0.318 e. The molecule has 0 aromatic carbocycles. The Morgan fingerprint density at radius 1 is 1.35 bits per heavy atom. The minimum Gasteiger partial charge on any atom is -0.318 e. The molecule has 0 fully saturated rings. The molecular weight excluding hydrogens is 314 g/mol. The number of hydrogen-bond acceptors (Lipinski definition) is 4. The summed E-state index contributed by atoms with van der Waals surface area (Å²) in [6.45, 7) is 4.49. The molecule has 0 saturated carbocycles. The summed E-state index contributed by atoms with van der Waals surface area (Å²) in [5, 5.41) is 7.13. The number of halogens is 1. The van der Waals surface area contributed by atoms with Crippen molar-refractivity contribution >= 4 is 24.1 Å². The molecule has 7 heteroatoms. The van der Waals surface area contributed by atoms with E-state index in [4.69, 9.17) is 5.73 Å². The van der Waals surface area contributed by atoms with Crippen LogP contribution in [0.5, 0.6) is 0 Å². The number of anilines is 1. The summed E-state index contributed by atoms with van der Waals surface area (Å²) >= 11 is 0. The summed E-state index contributed by atoms with van der Waals surface area (Å²) in [7, 11) is 0. The molecule has 3 N–H and O–H groups in total. The lowest BCUT2D eigenvalue weighted by molar-refractivity contribution is -0.120. The summed E-state index contributed by atoms with van der Waals surface area (Å²) in [6.07, 6.45) is 7.77. The Balaban J connectivity index is 0.00000264. The third kappa shape index (κ3) is 5.65. The van der Waals surface area contributed by atoms with Crippen LogP contribution in [-0.2, 0) is 17.8 Å². The number of amides is 1. The molecule has 0 aliphatic rings. The van der Waals surface area contributed by atoms with Gasteiger partial charge in [0.05, 0.1) is 5.54 Å². The van der Waals surface area contributed by atoms with E-state index in [2.05, 4.69) is 15.4 Å². The number of pyridine rings is 1. The number of hydrogen-bond donors (Lipinski definition) is 2. The van der Waals surface area contributed by atoms with E-state index in [0.29, 0.717) is 12.2 Å². The third-order valence-electron chi connectivity index (χ3n) is 3.55. The van der Waals surface area contributed by atoms with Gasteiger partial charge in [0.15, 0.2) is 5.82 Å². The summed E-state index contributed by atoms with van der Waals surface area (Å²) in [5.74, 6) is 0.334. The monoisotopic (exact) mass is 337 g/mol. The Morgan fingerprint density at radius 2 is 2.04 bits per heavy atom. The Labute approximate surface area is 142 Å². The number of aromatic nitrogens is 3. The second-order valence-electron chi connectivity index (χ2n) is 5.69. The molecule has 2 rings (SSSR count). The number of nitrogens with zero attached hydrogens (tertiary/aromatic N) is 3. The highest BCUT2D eigenvalue weighted by Crippen LogP contribution is 2.12. The molecular formula is C16H24ClN5O. The number of nitrogens with one attached hydrogen (secondary N) is 1. The highest BCUT2D eigenvalue weighted by molar-refractivity contribution is 5.96. The maximum absolute atomic E-state index is 12.1. The first-order valence-corrected chi connectivity index (χ1v) is 7.54. The predicted molar refractivity (Wildman–Crippen MR) is 93.5 cm³/mol. The van der Waals surface area contributed by atoms with Crippen LogP contribution >= 0.6 is 12.4 Å². The van der Waals surface area contributed by atoms with E-state index >= 15 is 0 Å². The van der Waals surface area contributed by atoms with Gasteiger partial charge in [-0.3, -0.25) is 14.5 Å². The minimum absolute atomic E-state index is 0. The van der Waals surface area contributed by atoms with E-state index in [9.17, 15) is 4.79 Å². The van der Waals surface area contributed by atoms with Gasteiger partial charge in [0.25, 0.3) is 0 Å². The summed E-state index contributed by atoms with van der Waals surface area (Å²) < 4.78 is 1.81. The first kappa shape index (κ1) is 19.1. The molecule has 2 aromatic heterocycles. The van der Waals surface area contributed by atoms with Crippen LogP contribution in [-0.4, -0.2) is 26.2 Å². The van der Waals surface area contributed by atoms with E-state index < -0.39 is 5.54 Å². The van der Waals surface area contributed by atoms with Crippen molar-refractivity contribution in [2.75, 3.05) is 5.32 Å². The lowest BCUT2D eigenvalue weighted by Crippen LogP contribution is -2.48. The zero-order valence-electron chi connectivity index (χ0n) is 13.5. The van der Waals surface area contributed by atoms with Crippen LogP contribution in [0.2, 0.25) is 0 Å². The summed E-state index contributed by atoms with van der Waals surface area (Å²) in [5.41, 5.74) is 6.34. The average molecular weight is 338 g/mol. The van der Waals surface area contributed by atoms with Gasteiger partial charge in [-0.2, -0.15) is 5.10 Å². The highest BCUT2D eigenvalue weighted by atomic mass is 35.5. The molecule has 1 unspecified atom stereocenters. The molecule has 0 aliphatic carbocycles. The molecule has 2 aromatic rings. The normalized spacial score (nSPS) is 13.0. The second kappa shape index (κ2) is 8.64. The van der Waals surface area contributed by atoms with Crippen LogP contribution in [0, 0.1) is 0 Å². The first-order chi connectivity index (χ1) is 10.5. The topological polar surface area (TPSA) is 85.8 Å². The van der Waals surface area contributed by atoms with Crippen LogP contribution in [0.3, 0.4) is 0 Å².